The van der Waals surface area contributed by atoms with Gasteiger partial charge in [-0.3, -0.25) is 4.79 Å². The third kappa shape index (κ3) is 4.01. The van der Waals surface area contributed by atoms with Crippen molar-refractivity contribution in [3.05, 3.63) is 59.7 Å². The Morgan fingerprint density at radius 1 is 1.07 bits per heavy atom. The normalized spacial score (nSPS) is 21.5. The zero-order chi connectivity index (χ0) is 19.7. The molecule has 0 unspecified atom stereocenters. The minimum atomic E-state index is -0.277. The highest BCUT2D eigenvalue weighted by molar-refractivity contribution is 5.79. The third-order valence-electron chi connectivity index (χ3n) is 5.96. The Hall–Kier alpha value is -2.49. The van der Waals surface area contributed by atoms with Gasteiger partial charge in [0.25, 0.3) is 0 Å². The van der Waals surface area contributed by atoms with Crippen LogP contribution >= 0.6 is 0 Å². The largest absolute Gasteiger partial charge is 0.487 e. The highest BCUT2D eigenvalue weighted by Crippen LogP contribution is 2.39. The fourth-order valence-electron chi connectivity index (χ4n) is 4.38. The first-order valence-corrected chi connectivity index (χ1v) is 10.3. The summed E-state index contributed by atoms with van der Waals surface area (Å²) in [6, 6.07) is 16.7. The predicted molar refractivity (Wildman–Crippen MR) is 113 cm³/mol. The van der Waals surface area contributed by atoms with Crippen LogP contribution in [0.5, 0.6) is 5.75 Å². The number of piperidine rings is 1. The minimum absolute atomic E-state index is 0.0163. The first-order valence-electron chi connectivity index (χ1n) is 10.3. The number of para-hydroxylation sites is 1. The molecular weight excluding hydrogens is 348 g/mol. The number of carbonyl (C=O) groups excluding carboxylic acids is 1. The van der Waals surface area contributed by atoms with Crippen LogP contribution in [0.3, 0.4) is 0 Å². The molecule has 2 heterocycles. The van der Waals surface area contributed by atoms with Crippen LogP contribution in [0, 0.1) is 12.8 Å². The Bertz CT molecular complexity index is 836. The molecule has 1 saturated heterocycles. The van der Waals surface area contributed by atoms with Crippen molar-refractivity contribution < 1.29 is 9.53 Å². The van der Waals surface area contributed by atoms with Gasteiger partial charge in [-0.15, -0.1) is 0 Å². The number of benzene rings is 2. The van der Waals surface area contributed by atoms with Gasteiger partial charge >= 0.3 is 0 Å². The highest BCUT2D eigenvalue weighted by Gasteiger charge is 2.35. The van der Waals surface area contributed by atoms with Gasteiger partial charge in [-0.25, -0.2) is 0 Å². The zero-order valence-corrected chi connectivity index (χ0v) is 17.1. The second-order valence-corrected chi connectivity index (χ2v) is 8.76. The van der Waals surface area contributed by atoms with E-state index in [1.807, 2.05) is 18.2 Å². The molecule has 0 spiro atoms. The third-order valence-corrected chi connectivity index (χ3v) is 5.96. The molecule has 0 aliphatic carbocycles. The van der Waals surface area contributed by atoms with Crippen LogP contribution in [0.15, 0.2) is 48.5 Å². The lowest BCUT2D eigenvalue weighted by molar-refractivity contribution is -0.126. The lowest BCUT2D eigenvalue weighted by Crippen LogP contribution is -2.45. The quantitative estimate of drug-likeness (QED) is 0.847. The van der Waals surface area contributed by atoms with Gasteiger partial charge in [0.05, 0.1) is 6.04 Å². The van der Waals surface area contributed by atoms with E-state index in [1.54, 1.807) is 0 Å². The molecule has 2 aromatic carbocycles. The SMILES string of the molecule is Cc1ccc(N2CCC(C(=O)N[C@H]3CC(C)(C)Oc4ccccc43)CC2)cc1. The summed E-state index contributed by atoms with van der Waals surface area (Å²) in [6.07, 6.45) is 2.58. The summed E-state index contributed by atoms with van der Waals surface area (Å²) < 4.78 is 6.09. The van der Waals surface area contributed by atoms with Gasteiger partial charge in [0.2, 0.25) is 5.91 Å². The standard InChI is InChI=1S/C24H30N2O2/c1-17-8-10-19(11-9-17)26-14-12-18(13-15-26)23(27)25-21-16-24(2,3)28-22-7-5-4-6-20(21)22/h4-11,18,21H,12-16H2,1-3H3,(H,25,27)/t21-/m0/s1. The molecule has 1 fully saturated rings. The maximum atomic E-state index is 13.0. The molecule has 2 aliphatic rings. The Morgan fingerprint density at radius 2 is 1.75 bits per heavy atom. The van der Waals surface area contributed by atoms with E-state index in [4.69, 9.17) is 4.74 Å². The van der Waals surface area contributed by atoms with E-state index in [9.17, 15) is 4.79 Å². The number of rotatable bonds is 3. The molecule has 1 atom stereocenters. The Labute approximate surface area is 167 Å². The van der Waals surface area contributed by atoms with E-state index in [2.05, 4.69) is 61.3 Å². The molecule has 4 heteroatoms. The molecule has 28 heavy (non-hydrogen) atoms. The van der Waals surface area contributed by atoms with Crippen LogP contribution in [-0.2, 0) is 4.79 Å². The molecule has 2 aliphatic heterocycles. The average Bonchev–Trinajstić information content (AvgIpc) is 2.68. The second-order valence-electron chi connectivity index (χ2n) is 8.76. The van der Waals surface area contributed by atoms with Crippen molar-refractivity contribution in [2.45, 2.75) is 51.7 Å². The first-order chi connectivity index (χ1) is 13.4. The van der Waals surface area contributed by atoms with Crippen molar-refractivity contribution in [1.82, 2.24) is 5.32 Å². The lowest BCUT2D eigenvalue weighted by atomic mass is 9.88. The van der Waals surface area contributed by atoms with Gasteiger partial charge in [-0.05, 0) is 51.8 Å². The van der Waals surface area contributed by atoms with Crippen molar-refractivity contribution in [2.24, 2.45) is 5.92 Å². The maximum absolute atomic E-state index is 13.0. The highest BCUT2D eigenvalue weighted by atomic mass is 16.5. The van der Waals surface area contributed by atoms with E-state index < -0.39 is 0 Å². The van der Waals surface area contributed by atoms with Crippen molar-refractivity contribution in [1.29, 1.82) is 0 Å². The number of anilines is 1. The molecule has 4 rings (SSSR count). The predicted octanol–water partition coefficient (Wildman–Crippen LogP) is 4.63. The van der Waals surface area contributed by atoms with E-state index >= 15 is 0 Å². The molecule has 0 saturated carbocycles. The van der Waals surface area contributed by atoms with E-state index in [0.717, 1.165) is 43.7 Å². The molecule has 4 nitrogen and oxygen atoms in total. The molecular formula is C24H30N2O2. The van der Waals surface area contributed by atoms with Gasteiger partial charge in [0.1, 0.15) is 11.4 Å². The Balaban J connectivity index is 1.39. The molecule has 0 bridgehead atoms. The number of carbonyl (C=O) groups is 1. The van der Waals surface area contributed by atoms with E-state index in [1.165, 1.54) is 11.3 Å². The zero-order valence-electron chi connectivity index (χ0n) is 17.1. The molecule has 0 aromatic heterocycles. The molecule has 2 aromatic rings. The van der Waals surface area contributed by atoms with Gasteiger partial charge in [0.15, 0.2) is 0 Å². The number of fused-ring (bicyclic) bond motifs is 1. The summed E-state index contributed by atoms with van der Waals surface area (Å²) in [6.45, 7) is 8.13. The fraction of sp³-hybridized carbons (Fsp3) is 0.458. The second kappa shape index (κ2) is 7.50. The van der Waals surface area contributed by atoms with Crippen molar-refractivity contribution >= 4 is 11.6 Å². The number of hydrogen-bond donors (Lipinski definition) is 1. The summed E-state index contributed by atoms with van der Waals surface area (Å²) in [7, 11) is 0. The summed E-state index contributed by atoms with van der Waals surface area (Å²) in [5, 5.41) is 3.33. The van der Waals surface area contributed by atoms with Crippen molar-refractivity contribution in [3.63, 3.8) is 0 Å². The smallest absolute Gasteiger partial charge is 0.223 e. The van der Waals surface area contributed by atoms with Crippen molar-refractivity contribution in [2.75, 3.05) is 18.0 Å². The van der Waals surface area contributed by atoms with Crippen LogP contribution in [0.1, 0.15) is 50.3 Å². The first kappa shape index (κ1) is 18.9. The van der Waals surface area contributed by atoms with Crippen LogP contribution in [0.25, 0.3) is 0 Å². The summed E-state index contributed by atoms with van der Waals surface area (Å²) in [5.74, 6) is 1.15. The summed E-state index contributed by atoms with van der Waals surface area (Å²) >= 11 is 0. The Morgan fingerprint density at radius 3 is 2.46 bits per heavy atom. The molecule has 0 radical (unpaired) electrons. The van der Waals surface area contributed by atoms with Gasteiger partial charge < -0.3 is 15.0 Å². The molecule has 1 N–H and O–H groups in total. The summed E-state index contributed by atoms with van der Waals surface area (Å²) in [5.41, 5.74) is 3.34. The van der Waals surface area contributed by atoms with Gasteiger partial charge in [-0.2, -0.15) is 0 Å². The minimum Gasteiger partial charge on any atom is -0.487 e. The number of ether oxygens (including phenoxy) is 1. The molecule has 148 valence electrons. The average molecular weight is 379 g/mol. The number of amides is 1. The van der Waals surface area contributed by atoms with Crippen molar-refractivity contribution in [3.8, 4) is 5.75 Å². The Kier molecular flexibility index (Phi) is 5.05. The van der Waals surface area contributed by atoms with Crippen LogP contribution in [0.2, 0.25) is 0 Å². The van der Waals surface area contributed by atoms with Crippen LogP contribution < -0.4 is 15.0 Å². The van der Waals surface area contributed by atoms with Crippen LogP contribution in [-0.4, -0.2) is 24.6 Å². The number of aryl methyl sites for hydroxylation is 1. The van der Waals surface area contributed by atoms with Gasteiger partial charge in [-0.1, -0.05) is 35.9 Å². The van der Waals surface area contributed by atoms with Gasteiger partial charge in [0, 0.05) is 36.7 Å². The van der Waals surface area contributed by atoms with Crippen LogP contribution in [0.4, 0.5) is 5.69 Å². The molecule has 1 amide bonds. The summed E-state index contributed by atoms with van der Waals surface area (Å²) in [4.78, 5) is 15.4. The van der Waals surface area contributed by atoms with E-state index in [-0.39, 0.29) is 23.5 Å². The lowest BCUT2D eigenvalue weighted by Gasteiger charge is -2.39. The fourth-order valence-corrected chi connectivity index (χ4v) is 4.38. The number of nitrogens with one attached hydrogen (secondary N) is 1. The number of hydrogen-bond acceptors (Lipinski definition) is 3. The number of nitrogens with zero attached hydrogens (tertiary/aromatic N) is 1. The topological polar surface area (TPSA) is 41.6 Å². The van der Waals surface area contributed by atoms with E-state index in [0.29, 0.717) is 0 Å². The monoisotopic (exact) mass is 378 g/mol. The maximum Gasteiger partial charge on any atom is 0.223 e.